The van der Waals surface area contributed by atoms with Crippen molar-refractivity contribution in [2.45, 2.75) is 57.5 Å². The largest absolute Gasteiger partial charge is 0.353 e. The minimum absolute atomic E-state index is 0.194. The van der Waals surface area contributed by atoms with E-state index in [9.17, 15) is 4.79 Å². The van der Waals surface area contributed by atoms with Crippen molar-refractivity contribution in [1.29, 1.82) is 0 Å². The third-order valence-electron chi connectivity index (χ3n) is 4.18. The predicted molar refractivity (Wildman–Crippen MR) is 82.7 cm³/mol. The van der Waals surface area contributed by atoms with Gasteiger partial charge in [0, 0.05) is 18.5 Å². The molecule has 1 aromatic rings. The van der Waals surface area contributed by atoms with Gasteiger partial charge in [0.05, 0.1) is 0 Å². The molecule has 0 bridgehead atoms. The second kappa shape index (κ2) is 7.44. The smallest absolute Gasteiger partial charge is 0.220 e. The van der Waals surface area contributed by atoms with Crippen LogP contribution >= 0.6 is 0 Å². The number of hydrogen-bond acceptors (Lipinski definition) is 2. The lowest BCUT2D eigenvalue weighted by Gasteiger charge is -2.29. The van der Waals surface area contributed by atoms with Gasteiger partial charge in [-0.15, -0.1) is 0 Å². The Labute approximate surface area is 122 Å². The molecule has 0 radical (unpaired) electrons. The Kier molecular flexibility index (Phi) is 5.60. The summed E-state index contributed by atoms with van der Waals surface area (Å²) in [5.41, 5.74) is 1.27. The van der Waals surface area contributed by atoms with Crippen molar-refractivity contribution in [2.24, 2.45) is 0 Å². The Bertz CT molecular complexity index is 418. The van der Waals surface area contributed by atoms with Gasteiger partial charge in [0.25, 0.3) is 0 Å². The lowest BCUT2D eigenvalue weighted by molar-refractivity contribution is -0.122. The van der Waals surface area contributed by atoms with Crippen molar-refractivity contribution in [1.82, 2.24) is 10.6 Å². The van der Waals surface area contributed by atoms with Gasteiger partial charge in [-0.25, -0.2) is 0 Å². The monoisotopic (exact) mass is 274 g/mol. The lowest BCUT2D eigenvalue weighted by Crippen LogP contribution is -2.46. The van der Waals surface area contributed by atoms with Crippen LogP contribution in [0, 0.1) is 0 Å². The van der Waals surface area contributed by atoms with Gasteiger partial charge in [0.2, 0.25) is 5.91 Å². The van der Waals surface area contributed by atoms with Gasteiger partial charge < -0.3 is 10.6 Å². The summed E-state index contributed by atoms with van der Waals surface area (Å²) in [5, 5.41) is 6.62. The molecule has 3 unspecified atom stereocenters. The molecule has 0 aromatic heterocycles. The van der Waals surface area contributed by atoms with E-state index in [-0.39, 0.29) is 5.91 Å². The minimum Gasteiger partial charge on any atom is -0.353 e. The van der Waals surface area contributed by atoms with E-state index in [1.165, 1.54) is 5.56 Å². The molecule has 0 aliphatic carbocycles. The summed E-state index contributed by atoms with van der Waals surface area (Å²) in [6.07, 6.45) is 3.67. The quantitative estimate of drug-likeness (QED) is 0.867. The van der Waals surface area contributed by atoms with Crippen molar-refractivity contribution >= 4 is 5.91 Å². The molecular weight excluding hydrogens is 248 g/mol. The van der Waals surface area contributed by atoms with Crippen LogP contribution in [0.4, 0.5) is 0 Å². The molecule has 20 heavy (non-hydrogen) atoms. The molecule has 1 aliphatic heterocycles. The first kappa shape index (κ1) is 15.0. The molecule has 2 rings (SSSR count). The maximum atomic E-state index is 12.2. The molecule has 1 amide bonds. The Morgan fingerprint density at radius 2 is 2.15 bits per heavy atom. The zero-order valence-electron chi connectivity index (χ0n) is 12.6. The van der Waals surface area contributed by atoms with E-state index in [4.69, 9.17) is 0 Å². The van der Waals surface area contributed by atoms with Crippen LogP contribution in [0.3, 0.4) is 0 Å². The number of carbonyl (C=O) groups excluding carboxylic acids is 1. The molecule has 1 saturated heterocycles. The van der Waals surface area contributed by atoms with Crippen molar-refractivity contribution in [3.05, 3.63) is 35.9 Å². The van der Waals surface area contributed by atoms with Crippen molar-refractivity contribution in [2.75, 3.05) is 6.54 Å². The summed E-state index contributed by atoms with van der Waals surface area (Å²) in [6, 6.07) is 11.2. The average molecular weight is 274 g/mol. The van der Waals surface area contributed by atoms with Crippen molar-refractivity contribution in [3.63, 3.8) is 0 Å². The number of piperidine rings is 1. The molecule has 0 saturated carbocycles. The molecule has 2 N–H and O–H groups in total. The second-order valence-electron chi connectivity index (χ2n) is 5.86. The van der Waals surface area contributed by atoms with Crippen LogP contribution in [0.25, 0.3) is 0 Å². The Balaban J connectivity index is 1.86. The van der Waals surface area contributed by atoms with E-state index in [1.54, 1.807) is 0 Å². The van der Waals surface area contributed by atoms with E-state index in [0.29, 0.717) is 24.4 Å². The highest BCUT2D eigenvalue weighted by Crippen LogP contribution is 2.23. The van der Waals surface area contributed by atoms with Gasteiger partial charge >= 0.3 is 0 Å². The topological polar surface area (TPSA) is 41.1 Å². The Hall–Kier alpha value is -1.35. The van der Waals surface area contributed by atoms with E-state index in [0.717, 1.165) is 25.8 Å². The summed E-state index contributed by atoms with van der Waals surface area (Å²) in [7, 11) is 0. The highest BCUT2D eigenvalue weighted by atomic mass is 16.1. The molecular formula is C17H26N2O. The molecule has 3 atom stereocenters. The van der Waals surface area contributed by atoms with E-state index < -0.39 is 0 Å². The van der Waals surface area contributed by atoms with Gasteiger partial charge in [0.1, 0.15) is 0 Å². The van der Waals surface area contributed by atoms with Crippen molar-refractivity contribution in [3.8, 4) is 0 Å². The average Bonchev–Trinajstić information content (AvgIpc) is 2.45. The Morgan fingerprint density at radius 1 is 1.40 bits per heavy atom. The second-order valence-corrected chi connectivity index (χ2v) is 5.86. The van der Waals surface area contributed by atoms with E-state index in [1.807, 2.05) is 18.2 Å². The summed E-state index contributed by atoms with van der Waals surface area (Å²) in [6.45, 7) is 5.33. The van der Waals surface area contributed by atoms with Crippen LogP contribution in [0.2, 0.25) is 0 Å². The Morgan fingerprint density at radius 3 is 2.80 bits per heavy atom. The van der Waals surface area contributed by atoms with Crippen LogP contribution in [-0.2, 0) is 4.79 Å². The van der Waals surface area contributed by atoms with Crippen molar-refractivity contribution < 1.29 is 4.79 Å². The number of benzene rings is 1. The number of amides is 1. The molecule has 0 spiro atoms. The van der Waals surface area contributed by atoms with Gasteiger partial charge in [-0.05, 0) is 44.2 Å². The third kappa shape index (κ3) is 4.34. The normalized spacial score (nSPS) is 24.1. The number of nitrogens with one attached hydrogen (secondary N) is 2. The fourth-order valence-electron chi connectivity index (χ4n) is 3.00. The number of hydrogen-bond donors (Lipinski definition) is 2. The summed E-state index contributed by atoms with van der Waals surface area (Å²) in [4.78, 5) is 12.2. The summed E-state index contributed by atoms with van der Waals surface area (Å²) < 4.78 is 0. The fraction of sp³-hybridized carbons (Fsp3) is 0.588. The van der Waals surface area contributed by atoms with Gasteiger partial charge in [-0.1, -0.05) is 37.3 Å². The van der Waals surface area contributed by atoms with Crippen LogP contribution < -0.4 is 10.6 Å². The maximum Gasteiger partial charge on any atom is 0.220 e. The minimum atomic E-state index is 0.194. The molecule has 1 heterocycles. The van der Waals surface area contributed by atoms with E-state index in [2.05, 4.69) is 36.6 Å². The number of rotatable bonds is 5. The van der Waals surface area contributed by atoms with Gasteiger partial charge in [-0.2, -0.15) is 0 Å². The summed E-state index contributed by atoms with van der Waals surface area (Å²) in [5.74, 6) is 0.523. The van der Waals surface area contributed by atoms with Crippen LogP contribution in [0.5, 0.6) is 0 Å². The first-order valence-corrected chi connectivity index (χ1v) is 7.76. The first-order valence-electron chi connectivity index (χ1n) is 7.76. The summed E-state index contributed by atoms with van der Waals surface area (Å²) >= 11 is 0. The van der Waals surface area contributed by atoms with Gasteiger partial charge in [-0.3, -0.25) is 4.79 Å². The van der Waals surface area contributed by atoms with Crippen LogP contribution in [-0.4, -0.2) is 24.5 Å². The highest BCUT2D eigenvalue weighted by molar-refractivity contribution is 5.77. The van der Waals surface area contributed by atoms with E-state index >= 15 is 0 Å². The molecule has 110 valence electrons. The highest BCUT2D eigenvalue weighted by Gasteiger charge is 2.21. The van der Waals surface area contributed by atoms with Crippen LogP contribution in [0.1, 0.15) is 51.0 Å². The standard InChI is InChI=1S/C17H26N2O/c1-3-14(15-7-5-4-6-8-15)12-17(20)19-16-9-10-18-13(2)11-16/h4-8,13-14,16,18H,3,9-12H2,1-2H3,(H,19,20). The molecule has 1 fully saturated rings. The fourth-order valence-corrected chi connectivity index (χ4v) is 3.00. The van der Waals surface area contributed by atoms with Crippen LogP contribution in [0.15, 0.2) is 30.3 Å². The molecule has 3 heteroatoms. The molecule has 3 nitrogen and oxygen atoms in total. The lowest BCUT2D eigenvalue weighted by atomic mass is 9.92. The SMILES string of the molecule is CCC(CC(=O)NC1CCNC(C)C1)c1ccccc1. The third-order valence-corrected chi connectivity index (χ3v) is 4.18. The molecule has 1 aromatic carbocycles. The number of carbonyl (C=O) groups is 1. The maximum absolute atomic E-state index is 12.2. The van der Waals surface area contributed by atoms with Gasteiger partial charge in [0.15, 0.2) is 0 Å². The zero-order valence-corrected chi connectivity index (χ0v) is 12.6. The first-order chi connectivity index (χ1) is 9.69. The molecule has 1 aliphatic rings. The zero-order chi connectivity index (χ0) is 14.4. The predicted octanol–water partition coefficient (Wildman–Crippen LogP) is 2.83.